The summed E-state index contributed by atoms with van der Waals surface area (Å²) in [5, 5.41) is 12.0. The van der Waals surface area contributed by atoms with Gasteiger partial charge in [-0.15, -0.1) is 0 Å². The normalized spacial score (nSPS) is 27.6. The molecular weight excluding hydrogens is 346 g/mol. The Labute approximate surface area is 169 Å². The van der Waals surface area contributed by atoms with Crippen LogP contribution in [0.2, 0.25) is 0 Å². The molecule has 2 heterocycles. The standard InChI is InChI=1S/C25H33NO2/c1-23(2)18-24(15-17-28-23)14-9-16-26(19-24)20-25(27,21-10-5-3-6-11-21)22-12-7-4-8-13-22/h3-8,10-13,27H,9,14-20H2,1-2H3/p+1. The number of rotatable bonds is 4. The molecule has 0 aliphatic carbocycles. The number of ether oxygens (including phenoxy) is 1. The van der Waals surface area contributed by atoms with Gasteiger partial charge in [0.2, 0.25) is 0 Å². The van der Waals surface area contributed by atoms with Crippen LogP contribution in [0.1, 0.15) is 50.7 Å². The van der Waals surface area contributed by atoms with Crippen molar-refractivity contribution in [1.82, 2.24) is 0 Å². The second-order valence-electron chi connectivity index (χ2n) is 9.58. The van der Waals surface area contributed by atoms with Crippen LogP contribution in [0.3, 0.4) is 0 Å². The fraction of sp³-hybridized carbons (Fsp3) is 0.520. The molecule has 3 heteroatoms. The first kappa shape index (κ1) is 19.6. The highest BCUT2D eigenvalue weighted by Gasteiger charge is 2.47. The number of hydrogen-bond acceptors (Lipinski definition) is 2. The van der Waals surface area contributed by atoms with Gasteiger partial charge in [0.25, 0.3) is 0 Å². The smallest absolute Gasteiger partial charge is 0.163 e. The predicted molar refractivity (Wildman–Crippen MR) is 112 cm³/mol. The van der Waals surface area contributed by atoms with Gasteiger partial charge in [-0.2, -0.15) is 0 Å². The molecule has 0 amide bonds. The first-order chi connectivity index (χ1) is 13.4. The average molecular weight is 381 g/mol. The quantitative estimate of drug-likeness (QED) is 0.854. The molecule has 2 aliphatic heterocycles. The van der Waals surface area contributed by atoms with Crippen molar-refractivity contribution >= 4 is 0 Å². The van der Waals surface area contributed by atoms with Crippen LogP contribution >= 0.6 is 0 Å². The van der Waals surface area contributed by atoms with Crippen LogP contribution in [-0.2, 0) is 10.3 Å². The van der Waals surface area contributed by atoms with Gasteiger partial charge in [-0.3, -0.25) is 0 Å². The van der Waals surface area contributed by atoms with Gasteiger partial charge in [0.1, 0.15) is 6.54 Å². The first-order valence-corrected chi connectivity index (χ1v) is 10.7. The maximum atomic E-state index is 12.0. The molecule has 1 spiro atoms. The van der Waals surface area contributed by atoms with Crippen molar-refractivity contribution in [2.75, 3.05) is 26.2 Å². The highest BCUT2D eigenvalue weighted by atomic mass is 16.5. The third-order valence-corrected chi connectivity index (χ3v) is 6.80. The lowest BCUT2D eigenvalue weighted by Gasteiger charge is -2.49. The number of likely N-dealkylation sites (tertiary alicyclic amines) is 1. The molecule has 2 aromatic rings. The van der Waals surface area contributed by atoms with Gasteiger partial charge in [0.15, 0.2) is 5.60 Å². The fourth-order valence-electron chi connectivity index (χ4n) is 5.68. The lowest BCUT2D eigenvalue weighted by atomic mass is 9.69. The van der Waals surface area contributed by atoms with Gasteiger partial charge >= 0.3 is 0 Å². The first-order valence-electron chi connectivity index (χ1n) is 10.7. The van der Waals surface area contributed by atoms with Gasteiger partial charge in [0.05, 0.1) is 18.7 Å². The summed E-state index contributed by atoms with van der Waals surface area (Å²) in [7, 11) is 0. The van der Waals surface area contributed by atoms with Crippen molar-refractivity contribution in [3.05, 3.63) is 71.8 Å². The summed E-state index contributed by atoms with van der Waals surface area (Å²) in [6.07, 6.45) is 4.79. The van der Waals surface area contributed by atoms with E-state index in [1.165, 1.54) is 17.7 Å². The van der Waals surface area contributed by atoms with Crippen molar-refractivity contribution < 1.29 is 14.7 Å². The van der Waals surface area contributed by atoms with Crippen molar-refractivity contribution in [3.8, 4) is 0 Å². The molecule has 0 saturated carbocycles. The monoisotopic (exact) mass is 380 g/mol. The third kappa shape index (κ3) is 4.03. The molecule has 2 N–H and O–H groups in total. The molecule has 0 bridgehead atoms. The minimum absolute atomic E-state index is 0.0319. The van der Waals surface area contributed by atoms with Crippen molar-refractivity contribution in [2.24, 2.45) is 5.41 Å². The summed E-state index contributed by atoms with van der Waals surface area (Å²) in [6, 6.07) is 20.4. The zero-order valence-electron chi connectivity index (χ0n) is 17.3. The number of piperidine rings is 1. The van der Waals surface area contributed by atoms with E-state index in [9.17, 15) is 5.11 Å². The number of benzene rings is 2. The second-order valence-corrected chi connectivity index (χ2v) is 9.58. The average Bonchev–Trinajstić information content (AvgIpc) is 2.68. The van der Waals surface area contributed by atoms with E-state index in [0.29, 0.717) is 12.0 Å². The highest BCUT2D eigenvalue weighted by molar-refractivity contribution is 5.35. The molecule has 4 rings (SSSR count). The van der Waals surface area contributed by atoms with Crippen LogP contribution in [0.4, 0.5) is 0 Å². The SMILES string of the molecule is CC1(C)CC2(CCC[NH+](CC(O)(c3ccccc3)c3ccccc3)C2)CCO1. The molecular formula is C25H34NO2+. The molecule has 2 unspecified atom stereocenters. The summed E-state index contributed by atoms with van der Waals surface area (Å²) < 4.78 is 6.01. The predicted octanol–water partition coefficient (Wildman–Crippen LogP) is 3.18. The lowest BCUT2D eigenvalue weighted by Crippen LogP contribution is -3.16. The van der Waals surface area contributed by atoms with Gasteiger partial charge in [-0.1, -0.05) is 60.7 Å². The summed E-state index contributed by atoms with van der Waals surface area (Å²) in [6.45, 7) is 8.29. The van der Waals surface area contributed by atoms with Crippen LogP contribution in [0.15, 0.2) is 60.7 Å². The van der Waals surface area contributed by atoms with Crippen molar-refractivity contribution in [2.45, 2.75) is 50.7 Å². The molecule has 28 heavy (non-hydrogen) atoms. The summed E-state index contributed by atoms with van der Waals surface area (Å²) in [4.78, 5) is 1.51. The molecule has 2 aliphatic rings. The molecule has 2 fully saturated rings. The van der Waals surface area contributed by atoms with Crippen molar-refractivity contribution in [1.29, 1.82) is 0 Å². The summed E-state index contributed by atoms with van der Waals surface area (Å²) in [5.41, 5.74) is 1.33. The van der Waals surface area contributed by atoms with Crippen LogP contribution < -0.4 is 4.90 Å². The number of quaternary nitrogens is 1. The summed E-state index contributed by atoms with van der Waals surface area (Å²) >= 11 is 0. The highest BCUT2D eigenvalue weighted by Crippen LogP contribution is 2.42. The molecule has 2 aromatic carbocycles. The molecule has 150 valence electrons. The zero-order valence-corrected chi connectivity index (χ0v) is 17.3. The lowest BCUT2D eigenvalue weighted by molar-refractivity contribution is -0.919. The Balaban J connectivity index is 1.61. The Morgan fingerprint density at radius 3 is 2.14 bits per heavy atom. The molecule has 2 saturated heterocycles. The van der Waals surface area contributed by atoms with E-state index in [0.717, 1.165) is 43.7 Å². The van der Waals surface area contributed by atoms with Gasteiger partial charge in [-0.05, 0) is 50.7 Å². The van der Waals surface area contributed by atoms with E-state index in [1.54, 1.807) is 0 Å². The maximum Gasteiger partial charge on any atom is 0.163 e. The molecule has 0 aromatic heterocycles. The van der Waals surface area contributed by atoms with Crippen molar-refractivity contribution in [3.63, 3.8) is 0 Å². The molecule has 2 atom stereocenters. The van der Waals surface area contributed by atoms with E-state index in [2.05, 4.69) is 38.1 Å². The second kappa shape index (κ2) is 7.62. The Morgan fingerprint density at radius 1 is 0.964 bits per heavy atom. The van der Waals surface area contributed by atoms with Crippen LogP contribution in [-0.4, -0.2) is 36.9 Å². The largest absolute Gasteiger partial charge is 0.376 e. The van der Waals surface area contributed by atoms with E-state index in [4.69, 9.17) is 4.74 Å². The Bertz CT molecular complexity index is 730. The fourth-order valence-corrected chi connectivity index (χ4v) is 5.68. The summed E-state index contributed by atoms with van der Waals surface area (Å²) in [5.74, 6) is 0. The van der Waals surface area contributed by atoms with Gasteiger partial charge in [0, 0.05) is 12.0 Å². The van der Waals surface area contributed by atoms with Gasteiger partial charge in [-0.25, -0.2) is 0 Å². The molecule has 3 nitrogen and oxygen atoms in total. The minimum Gasteiger partial charge on any atom is -0.376 e. The Morgan fingerprint density at radius 2 is 1.57 bits per heavy atom. The number of nitrogens with one attached hydrogen (secondary N) is 1. The van der Waals surface area contributed by atoms with E-state index < -0.39 is 5.60 Å². The number of aliphatic hydroxyl groups is 1. The Hall–Kier alpha value is -1.68. The third-order valence-electron chi connectivity index (χ3n) is 6.80. The maximum absolute atomic E-state index is 12.0. The number of hydrogen-bond donors (Lipinski definition) is 2. The van der Waals surface area contributed by atoms with E-state index >= 15 is 0 Å². The Kier molecular flexibility index (Phi) is 5.34. The van der Waals surface area contributed by atoms with Crippen LogP contribution in [0, 0.1) is 5.41 Å². The molecule has 0 radical (unpaired) electrons. The van der Waals surface area contributed by atoms with Crippen LogP contribution in [0.25, 0.3) is 0 Å². The van der Waals surface area contributed by atoms with E-state index in [-0.39, 0.29) is 5.60 Å². The minimum atomic E-state index is -0.961. The van der Waals surface area contributed by atoms with Gasteiger partial charge < -0.3 is 14.7 Å². The van der Waals surface area contributed by atoms with E-state index in [1.807, 2.05) is 36.4 Å². The topological polar surface area (TPSA) is 33.9 Å². The zero-order chi connectivity index (χ0) is 19.7. The van der Waals surface area contributed by atoms with Crippen LogP contribution in [0.5, 0.6) is 0 Å².